The quantitative estimate of drug-likeness (QED) is 0.180. The third-order valence-corrected chi connectivity index (χ3v) is 3.75. The van der Waals surface area contributed by atoms with Crippen LogP contribution in [0.2, 0.25) is 5.15 Å². The zero-order chi connectivity index (χ0) is 18.6. The standard InChI is InChI=1S/C19H25ClN4O2.HI/c1-3-21-19(22-11-10-15-4-9-18(20)24-14-15)23-12-13-26-17-7-5-16(25-2)6-8-17;/h4-9,14H,3,10-13H2,1-2H3,(H2,21,22,23);1H. The first kappa shape index (κ1) is 23.3. The fourth-order valence-electron chi connectivity index (χ4n) is 2.20. The molecule has 8 heteroatoms. The highest BCUT2D eigenvalue weighted by atomic mass is 127. The average molecular weight is 505 g/mol. The summed E-state index contributed by atoms with van der Waals surface area (Å²) < 4.78 is 10.8. The highest BCUT2D eigenvalue weighted by Crippen LogP contribution is 2.16. The van der Waals surface area contributed by atoms with Crippen molar-refractivity contribution < 1.29 is 9.47 Å². The summed E-state index contributed by atoms with van der Waals surface area (Å²) >= 11 is 5.79. The van der Waals surface area contributed by atoms with Gasteiger partial charge in [-0.15, -0.1) is 24.0 Å². The first-order chi connectivity index (χ1) is 12.7. The molecule has 6 nitrogen and oxygen atoms in total. The Balaban J connectivity index is 0.00000364. The number of hydrogen-bond donors (Lipinski definition) is 2. The van der Waals surface area contributed by atoms with E-state index in [0.717, 1.165) is 36.0 Å². The maximum Gasteiger partial charge on any atom is 0.191 e. The molecule has 0 aliphatic rings. The Labute approximate surface area is 182 Å². The van der Waals surface area contributed by atoms with Crippen LogP contribution in [0.25, 0.3) is 0 Å². The molecule has 0 unspecified atom stereocenters. The SMILES string of the molecule is CCNC(=NCCc1ccc(Cl)nc1)NCCOc1ccc(OC)cc1.I. The third kappa shape index (κ3) is 9.14. The number of pyridine rings is 1. The Bertz CT molecular complexity index is 681. The number of aliphatic imine (C=N–C) groups is 1. The van der Waals surface area contributed by atoms with Crippen molar-refractivity contribution in [2.24, 2.45) is 4.99 Å². The van der Waals surface area contributed by atoms with Gasteiger partial charge in [0.1, 0.15) is 23.3 Å². The summed E-state index contributed by atoms with van der Waals surface area (Å²) in [6, 6.07) is 11.3. The van der Waals surface area contributed by atoms with Crippen LogP contribution in [-0.4, -0.2) is 44.3 Å². The largest absolute Gasteiger partial charge is 0.497 e. The van der Waals surface area contributed by atoms with Gasteiger partial charge in [-0.1, -0.05) is 17.7 Å². The molecule has 0 aliphatic carbocycles. The van der Waals surface area contributed by atoms with Crippen LogP contribution in [0.5, 0.6) is 11.5 Å². The van der Waals surface area contributed by atoms with Gasteiger partial charge in [-0.2, -0.15) is 0 Å². The highest BCUT2D eigenvalue weighted by Gasteiger charge is 1.99. The molecule has 27 heavy (non-hydrogen) atoms. The number of guanidine groups is 1. The molecular formula is C19H26ClIN4O2. The normalized spacial score (nSPS) is 10.7. The number of hydrogen-bond acceptors (Lipinski definition) is 4. The molecule has 1 heterocycles. The van der Waals surface area contributed by atoms with E-state index in [9.17, 15) is 0 Å². The molecule has 0 amide bonds. The summed E-state index contributed by atoms with van der Waals surface area (Å²) in [6.45, 7) is 4.69. The van der Waals surface area contributed by atoms with E-state index in [1.165, 1.54) is 0 Å². The minimum absolute atomic E-state index is 0. The lowest BCUT2D eigenvalue weighted by Gasteiger charge is -2.12. The number of halogens is 2. The molecular weight excluding hydrogens is 479 g/mol. The molecule has 2 aromatic rings. The van der Waals surface area contributed by atoms with Gasteiger partial charge in [-0.3, -0.25) is 4.99 Å². The second kappa shape index (κ2) is 13.4. The van der Waals surface area contributed by atoms with Crippen LogP contribution in [0.1, 0.15) is 12.5 Å². The molecule has 0 saturated heterocycles. The Kier molecular flexibility index (Phi) is 11.6. The smallest absolute Gasteiger partial charge is 0.191 e. The summed E-state index contributed by atoms with van der Waals surface area (Å²) in [4.78, 5) is 8.63. The summed E-state index contributed by atoms with van der Waals surface area (Å²) in [7, 11) is 1.64. The Morgan fingerprint density at radius 1 is 1.11 bits per heavy atom. The number of methoxy groups -OCH3 is 1. The van der Waals surface area contributed by atoms with Crippen molar-refractivity contribution in [2.45, 2.75) is 13.3 Å². The Morgan fingerprint density at radius 2 is 1.85 bits per heavy atom. The topological polar surface area (TPSA) is 67.8 Å². The lowest BCUT2D eigenvalue weighted by atomic mass is 10.2. The summed E-state index contributed by atoms with van der Waals surface area (Å²) in [5.74, 6) is 2.39. The van der Waals surface area contributed by atoms with Gasteiger partial charge >= 0.3 is 0 Å². The van der Waals surface area contributed by atoms with Crippen molar-refractivity contribution in [3.63, 3.8) is 0 Å². The molecule has 1 aromatic heterocycles. The molecule has 0 bridgehead atoms. The van der Waals surface area contributed by atoms with E-state index in [1.807, 2.05) is 37.3 Å². The minimum atomic E-state index is 0. The molecule has 0 atom stereocenters. The second-order valence-corrected chi connectivity index (χ2v) is 5.84. The van der Waals surface area contributed by atoms with Gasteiger partial charge < -0.3 is 20.1 Å². The van der Waals surface area contributed by atoms with Gasteiger partial charge in [-0.25, -0.2) is 4.98 Å². The van der Waals surface area contributed by atoms with Crippen LogP contribution < -0.4 is 20.1 Å². The molecule has 0 fully saturated rings. The predicted octanol–water partition coefficient (Wildman–Crippen LogP) is 3.54. The van der Waals surface area contributed by atoms with E-state index >= 15 is 0 Å². The third-order valence-electron chi connectivity index (χ3n) is 3.53. The van der Waals surface area contributed by atoms with Gasteiger partial charge in [0, 0.05) is 19.3 Å². The lowest BCUT2D eigenvalue weighted by Crippen LogP contribution is -2.39. The van der Waals surface area contributed by atoms with Gasteiger partial charge in [0.15, 0.2) is 5.96 Å². The average Bonchev–Trinajstić information content (AvgIpc) is 2.67. The fraction of sp³-hybridized carbons (Fsp3) is 0.368. The van der Waals surface area contributed by atoms with Crippen molar-refractivity contribution in [1.29, 1.82) is 0 Å². The van der Waals surface area contributed by atoms with Crippen molar-refractivity contribution in [2.75, 3.05) is 33.4 Å². The number of nitrogens with one attached hydrogen (secondary N) is 2. The maximum atomic E-state index is 5.79. The van der Waals surface area contributed by atoms with Gasteiger partial charge in [0.05, 0.1) is 13.7 Å². The summed E-state index contributed by atoms with van der Waals surface area (Å²) in [5.41, 5.74) is 1.11. The Morgan fingerprint density at radius 3 is 2.48 bits per heavy atom. The molecule has 2 rings (SSSR count). The number of aromatic nitrogens is 1. The molecule has 0 aliphatic heterocycles. The summed E-state index contributed by atoms with van der Waals surface area (Å²) in [5, 5.41) is 6.99. The summed E-state index contributed by atoms with van der Waals surface area (Å²) in [6.07, 6.45) is 2.59. The van der Waals surface area contributed by atoms with Crippen molar-refractivity contribution >= 4 is 41.5 Å². The van der Waals surface area contributed by atoms with Crippen LogP contribution >= 0.6 is 35.6 Å². The van der Waals surface area contributed by atoms with E-state index in [4.69, 9.17) is 21.1 Å². The van der Waals surface area contributed by atoms with E-state index < -0.39 is 0 Å². The van der Waals surface area contributed by atoms with E-state index in [2.05, 4.69) is 20.6 Å². The molecule has 0 saturated carbocycles. The zero-order valence-corrected chi connectivity index (χ0v) is 18.7. The fourth-order valence-corrected chi connectivity index (χ4v) is 2.31. The first-order valence-corrected chi connectivity index (χ1v) is 8.98. The van der Waals surface area contributed by atoms with Crippen LogP contribution in [0.4, 0.5) is 0 Å². The van der Waals surface area contributed by atoms with Gasteiger partial charge in [-0.05, 0) is 49.2 Å². The van der Waals surface area contributed by atoms with Crippen LogP contribution in [0, 0.1) is 0 Å². The first-order valence-electron chi connectivity index (χ1n) is 8.60. The molecule has 148 valence electrons. The van der Waals surface area contributed by atoms with Gasteiger partial charge in [0.2, 0.25) is 0 Å². The maximum absolute atomic E-state index is 5.79. The Hall–Kier alpha value is -1.74. The number of nitrogens with zero attached hydrogens (tertiary/aromatic N) is 2. The van der Waals surface area contributed by atoms with Crippen molar-refractivity contribution in [3.8, 4) is 11.5 Å². The van der Waals surface area contributed by atoms with E-state index in [-0.39, 0.29) is 24.0 Å². The monoisotopic (exact) mass is 504 g/mol. The molecule has 0 radical (unpaired) electrons. The van der Waals surface area contributed by atoms with E-state index in [1.54, 1.807) is 19.4 Å². The second-order valence-electron chi connectivity index (χ2n) is 5.45. The predicted molar refractivity (Wildman–Crippen MR) is 121 cm³/mol. The van der Waals surface area contributed by atoms with Crippen molar-refractivity contribution in [1.82, 2.24) is 15.6 Å². The lowest BCUT2D eigenvalue weighted by molar-refractivity contribution is 0.321. The van der Waals surface area contributed by atoms with Gasteiger partial charge in [0.25, 0.3) is 0 Å². The molecule has 1 aromatic carbocycles. The molecule has 2 N–H and O–H groups in total. The van der Waals surface area contributed by atoms with Crippen LogP contribution in [0.3, 0.4) is 0 Å². The van der Waals surface area contributed by atoms with Crippen LogP contribution in [-0.2, 0) is 6.42 Å². The zero-order valence-electron chi connectivity index (χ0n) is 15.6. The molecule has 0 spiro atoms. The van der Waals surface area contributed by atoms with Crippen LogP contribution in [0.15, 0.2) is 47.6 Å². The number of rotatable bonds is 9. The van der Waals surface area contributed by atoms with Crippen molar-refractivity contribution in [3.05, 3.63) is 53.3 Å². The minimum Gasteiger partial charge on any atom is -0.497 e. The number of benzene rings is 1. The highest BCUT2D eigenvalue weighted by molar-refractivity contribution is 14.0. The number of ether oxygens (including phenoxy) is 2. The van der Waals surface area contributed by atoms with E-state index in [0.29, 0.717) is 24.8 Å².